The van der Waals surface area contributed by atoms with E-state index in [0.717, 1.165) is 23.8 Å². The Hall–Kier alpha value is -2.50. The van der Waals surface area contributed by atoms with Crippen molar-refractivity contribution in [2.45, 2.75) is 40.2 Å². The van der Waals surface area contributed by atoms with E-state index >= 15 is 0 Å². The second kappa shape index (κ2) is 9.27. The van der Waals surface area contributed by atoms with Gasteiger partial charge in [-0.1, -0.05) is 12.1 Å². The minimum absolute atomic E-state index is 0.250. The first-order chi connectivity index (χ1) is 12.4. The molecule has 1 unspecified atom stereocenters. The molecule has 0 radical (unpaired) electrons. The molecule has 0 spiro atoms. The van der Waals surface area contributed by atoms with Crippen LogP contribution in [-0.2, 0) is 13.5 Å². The first-order valence-corrected chi connectivity index (χ1v) is 9.06. The van der Waals surface area contributed by atoms with Gasteiger partial charge in [0.05, 0.1) is 12.2 Å². The summed E-state index contributed by atoms with van der Waals surface area (Å²) in [6, 6.07) is 8.32. The Balaban J connectivity index is 1.78. The van der Waals surface area contributed by atoms with E-state index in [4.69, 9.17) is 4.74 Å². The van der Waals surface area contributed by atoms with Crippen molar-refractivity contribution in [1.29, 1.82) is 0 Å². The lowest BCUT2D eigenvalue weighted by Gasteiger charge is -2.18. The van der Waals surface area contributed by atoms with E-state index < -0.39 is 0 Å². The minimum Gasteiger partial charge on any atom is -0.492 e. The topological polar surface area (TPSA) is 63.5 Å². The van der Waals surface area contributed by atoms with Gasteiger partial charge in [0.1, 0.15) is 12.4 Å². The molecule has 0 saturated heterocycles. The zero-order valence-corrected chi connectivity index (χ0v) is 16.8. The van der Waals surface area contributed by atoms with Gasteiger partial charge in [0.25, 0.3) is 0 Å². The van der Waals surface area contributed by atoms with Crippen LogP contribution in [0.4, 0.5) is 0 Å². The zero-order valence-electron chi connectivity index (χ0n) is 16.8. The number of nitrogens with one attached hydrogen (secondary N) is 2. The van der Waals surface area contributed by atoms with Gasteiger partial charge in [-0.05, 0) is 57.4 Å². The molecule has 1 atom stereocenters. The SMILES string of the molecule is CN=C(NCCOc1cccc(C)c1)NC(C)Cc1c(C)nn(C)c1C. The van der Waals surface area contributed by atoms with Gasteiger partial charge < -0.3 is 15.4 Å². The van der Waals surface area contributed by atoms with Crippen LogP contribution in [0.5, 0.6) is 5.75 Å². The number of aryl methyl sites for hydroxylation is 3. The van der Waals surface area contributed by atoms with Gasteiger partial charge in [-0.3, -0.25) is 9.67 Å². The van der Waals surface area contributed by atoms with Crippen LogP contribution >= 0.6 is 0 Å². The maximum absolute atomic E-state index is 5.76. The number of hydrogen-bond acceptors (Lipinski definition) is 3. The molecule has 0 bridgehead atoms. The zero-order chi connectivity index (χ0) is 19.1. The summed E-state index contributed by atoms with van der Waals surface area (Å²) in [5.41, 5.74) is 4.80. The fourth-order valence-corrected chi connectivity index (χ4v) is 2.94. The lowest BCUT2D eigenvalue weighted by atomic mass is 10.1. The summed E-state index contributed by atoms with van der Waals surface area (Å²) in [6.07, 6.45) is 0.909. The number of ether oxygens (including phenoxy) is 1. The molecule has 6 nitrogen and oxygen atoms in total. The van der Waals surface area contributed by atoms with Crippen molar-refractivity contribution >= 4 is 5.96 Å². The van der Waals surface area contributed by atoms with Crippen molar-refractivity contribution in [3.05, 3.63) is 46.8 Å². The van der Waals surface area contributed by atoms with Crippen molar-refractivity contribution in [3.8, 4) is 5.75 Å². The summed E-state index contributed by atoms with van der Waals surface area (Å²) in [5, 5.41) is 11.2. The van der Waals surface area contributed by atoms with Gasteiger partial charge >= 0.3 is 0 Å². The highest BCUT2D eigenvalue weighted by atomic mass is 16.5. The summed E-state index contributed by atoms with van der Waals surface area (Å²) in [7, 11) is 3.77. The highest BCUT2D eigenvalue weighted by molar-refractivity contribution is 5.79. The van der Waals surface area contributed by atoms with Gasteiger partial charge in [-0.15, -0.1) is 0 Å². The molecule has 142 valence electrons. The standard InChI is InChI=1S/C20H31N5O/c1-14-8-7-9-18(12-14)26-11-10-22-20(21-5)23-15(2)13-19-16(3)24-25(6)17(19)4/h7-9,12,15H,10-11,13H2,1-6H3,(H2,21,22,23). The predicted octanol–water partition coefficient (Wildman–Crippen LogP) is 2.52. The number of rotatable bonds is 7. The maximum Gasteiger partial charge on any atom is 0.191 e. The number of aromatic nitrogens is 2. The summed E-state index contributed by atoms with van der Waals surface area (Å²) in [5.74, 6) is 1.68. The first kappa shape index (κ1) is 19.8. The smallest absolute Gasteiger partial charge is 0.191 e. The van der Waals surface area contributed by atoms with Crippen LogP contribution in [0.1, 0.15) is 29.4 Å². The molecule has 2 aromatic rings. The van der Waals surface area contributed by atoms with Crippen LogP contribution in [0, 0.1) is 20.8 Å². The number of nitrogens with zero attached hydrogens (tertiary/aromatic N) is 3. The largest absolute Gasteiger partial charge is 0.492 e. The molecule has 2 rings (SSSR count). The summed E-state index contributed by atoms with van der Waals surface area (Å²) < 4.78 is 7.70. The molecular weight excluding hydrogens is 326 g/mol. The third-order valence-electron chi connectivity index (χ3n) is 4.43. The predicted molar refractivity (Wildman–Crippen MR) is 107 cm³/mol. The molecule has 2 N–H and O–H groups in total. The minimum atomic E-state index is 0.250. The lowest BCUT2D eigenvalue weighted by molar-refractivity contribution is 0.321. The molecule has 0 fully saturated rings. The van der Waals surface area contributed by atoms with Crippen molar-refractivity contribution in [2.75, 3.05) is 20.2 Å². The monoisotopic (exact) mass is 357 g/mol. The van der Waals surface area contributed by atoms with Crippen molar-refractivity contribution in [2.24, 2.45) is 12.0 Å². The van der Waals surface area contributed by atoms with Crippen molar-refractivity contribution < 1.29 is 4.74 Å². The Morgan fingerprint density at radius 1 is 1.31 bits per heavy atom. The van der Waals surface area contributed by atoms with Crippen LogP contribution in [0.25, 0.3) is 0 Å². The molecule has 1 aromatic carbocycles. The molecule has 0 aliphatic carbocycles. The average molecular weight is 358 g/mol. The van der Waals surface area contributed by atoms with Crippen LogP contribution in [0.2, 0.25) is 0 Å². The van der Waals surface area contributed by atoms with Crippen LogP contribution in [-0.4, -0.2) is 42.0 Å². The second-order valence-electron chi connectivity index (χ2n) is 6.69. The third kappa shape index (κ3) is 5.51. The van der Waals surface area contributed by atoms with E-state index in [1.807, 2.05) is 29.9 Å². The second-order valence-corrected chi connectivity index (χ2v) is 6.69. The van der Waals surface area contributed by atoms with Gasteiger partial charge in [-0.2, -0.15) is 5.10 Å². The quantitative estimate of drug-likeness (QED) is 0.454. The van der Waals surface area contributed by atoms with E-state index in [0.29, 0.717) is 13.2 Å². The van der Waals surface area contributed by atoms with E-state index in [2.05, 4.69) is 54.5 Å². The Kier molecular flexibility index (Phi) is 7.06. The highest BCUT2D eigenvalue weighted by Crippen LogP contribution is 2.14. The number of benzene rings is 1. The number of aliphatic imine (C=N–C) groups is 1. The summed E-state index contributed by atoms with van der Waals surface area (Å²) >= 11 is 0. The number of hydrogen-bond donors (Lipinski definition) is 2. The Morgan fingerprint density at radius 3 is 2.69 bits per heavy atom. The maximum atomic E-state index is 5.76. The molecule has 26 heavy (non-hydrogen) atoms. The molecular formula is C20H31N5O. The summed E-state index contributed by atoms with van der Waals surface area (Å²) in [6.45, 7) is 9.65. The highest BCUT2D eigenvalue weighted by Gasteiger charge is 2.13. The van der Waals surface area contributed by atoms with Crippen LogP contribution < -0.4 is 15.4 Å². The van der Waals surface area contributed by atoms with E-state index in [-0.39, 0.29) is 6.04 Å². The van der Waals surface area contributed by atoms with E-state index in [1.54, 1.807) is 7.05 Å². The summed E-state index contributed by atoms with van der Waals surface area (Å²) in [4.78, 5) is 4.30. The fraction of sp³-hybridized carbons (Fsp3) is 0.500. The molecule has 1 aromatic heterocycles. The average Bonchev–Trinajstić information content (AvgIpc) is 2.84. The third-order valence-corrected chi connectivity index (χ3v) is 4.43. The lowest BCUT2D eigenvalue weighted by Crippen LogP contribution is -2.44. The number of guanidine groups is 1. The Labute approximate surface area is 156 Å². The molecule has 6 heteroatoms. The van der Waals surface area contributed by atoms with E-state index in [9.17, 15) is 0 Å². The van der Waals surface area contributed by atoms with Gasteiger partial charge in [0.2, 0.25) is 0 Å². The molecule has 0 aliphatic rings. The Bertz CT molecular complexity index is 751. The Morgan fingerprint density at radius 2 is 2.08 bits per heavy atom. The normalized spacial score (nSPS) is 12.8. The molecule has 1 heterocycles. The van der Waals surface area contributed by atoms with Gasteiger partial charge in [-0.25, -0.2) is 0 Å². The molecule has 0 amide bonds. The van der Waals surface area contributed by atoms with Gasteiger partial charge in [0.15, 0.2) is 5.96 Å². The van der Waals surface area contributed by atoms with Crippen LogP contribution in [0.15, 0.2) is 29.3 Å². The first-order valence-electron chi connectivity index (χ1n) is 9.06. The van der Waals surface area contributed by atoms with Crippen molar-refractivity contribution in [1.82, 2.24) is 20.4 Å². The van der Waals surface area contributed by atoms with Crippen LogP contribution in [0.3, 0.4) is 0 Å². The van der Waals surface area contributed by atoms with Crippen molar-refractivity contribution in [3.63, 3.8) is 0 Å². The van der Waals surface area contributed by atoms with Gasteiger partial charge in [0, 0.05) is 25.8 Å². The molecule has 0 saturated carbocycles. The van der Waals surface area contributed by atoms with E-state index in [1.165, 1.54) is 16.8 Å². The fourth-order valence-electron chi connectivity index (χ4n) is 2.94. The molecule has 0 aliphatic heterocycles.